The van der Waals surface area contributed by atoms with Crippen LogP contribution in [0.3, 0.4) is 0 Å². The maximum Gasteiger partial charge on any atom is 0.0314 e. The lowest BCUT2D eigenvalue weighted by Crippen LogP contribution is -2.41. The van der Waals surface area contributed by atoms with Gasteiger partial charge in [-0.1, -0.05) is 26.0 Å². The highest BCUT2D eigenvalue weighted by Gasteiger charge is 2.26. The van der Waals surface area contributed by atoms with E-state index in [1.54, 1.807) is 0 Å². The molecular formula is C15H24N2. The Balaban J connectivity index is 2.06. The number of hydrogen-bond donors (Lipinski definition) is 1. The minimum absolute atomic E-state index is 0.725. The molecule has 0 radical (unpaired) electrons. The molecule has 1 saturated heterocycles. The molecule has 1 heterocycles. The SMILES string of the molecule is CCC1CC(c2ccc(N)cc2)CCN1CC. The van der Waals surface area contributed by atoms with E-state index in [1.807, 2.05) is 12.1 Å². The van der Waals surface area contributed by atoms with Crippen molar-refractivity contribution in [3.8, 4) is 0 Å². The van der Waals surface area contributed by atoms with Crippen LogP contribution >= 0.6 is 0 Å². The van der Waals surface area contributed by atoms with Gasteiger partial charge in [0.15, 0.2) is 0 Å². The Hall–Kier alpha value is -1.02. The van der Waals surface area contributed by atoms with Crippen LogP contribution in [0, 0.1) is 0 Å². The molecule has 17 heavy (non-hydrogen) atoms. The monoisotopic (exact) mass is 232 g/mol. The molecule has 0 aromatic heterocycles. The highest BCUT2D eigenvalue weighted by molar-refractivity contribution is 5.40. The molecule has 1 aromatic rings. The summed E-state index contributed by atoms with van der Waals surface area (Å²) in [6.45, 7) is 7.00. The van der Waals surface area contributed by atoms with E-state index in [9.17, 15) is 0 Å². The molecule has 2 atom stereocenters. The second-order valence-corrected chi connectivity index (χ2v) is 5.08. The molecule has 1 aliphatic rings. The van der Waals surface area contributed by atoms with Gasteiger partial charge in [-0.15, -0.1) is 0 Å². The van der Waals surface area contributed by atoms with Gasteiger partial charge in [0.1, 0.15) is 0 Å². The quantitative estimate of drug-likeness (QED) is 0.811. The Morgan fingerprint density at radius 2 is 1.94 bits per heavy atom. The Morgan fingerprint density at radius 3 is 2.53 bits per heavy atom. The average molecular weight is 232 g/mol. The van der Waals surface area contributed by atoms with Crippen LogP contribution in [0.1, 0.15) is 44.6 Å². The number of nitrogen functional groups attached to an aromatic ring is 1. The Kier molecular flexibility index (Phi) is 4.06. The van der Waals surface area contributed by atoms with Gasteiger partial charge in [0.2, 0.25) is 0 Å². The molecule has 2 unspecified atom stereocenters. The summed E-state index contributed by atoms with van der Waals surface area (Å²) in [6, 6.07) is 9.23. The van der Waals surface area contributed by atoms with Gasteiger partial charge in [0.25, 0.3) is 0 Å². The summed E-state index contributed by atoms with van der Waals surface area (Å²) >= 11 is 0. The predicted octanol–water partition coefficient (Wildman–Crippen LogP) is 3.25. The van der Waals surface area contributed by atoms with Gasteiger partial charge < -0.3 is 10.6 Å². The maximum absolute atomic E-state index is 5.75. The van der Waals surface area contributed by atoms with E-state index in [2.05, 4.69) is 30.9 Å². The summed E-state index contributed by atoms with van der Waals surface area (Å²) in [5.74, 6) is 0.725. The zero-order valence-electron chi connectivity index (χ0n) is 11.0. The summed E-state index contributed by atoms with van der Waals surface area (Å²) in [5, 5.41) is 0. The zero-order valence-corrected chi connectivity index (χ0v) is 11.0. The lowest BCUT2D eigenvalue weighted by atomic mass is 9.84. The predicted molar refractivity (Wildman–Crippen MR) is 74.2 cm³/mol. The van der Waals surface area contributed by atoms with E-state index < -0.39 is 0 Å². The van der Waals surface area contributed by atoms with Crippen molar-refractivity contribution in [3.05, 3.63) is 29.8 Å². The standard InChI is InChI=1S/C15H24N2/c1-3-15-11-13(9-10-17(15)4-2)12-5-7-14(16)8-6-12/h5-8,13,15H,3-4,9-11,16H2,1-2H3. The fourth-order valence-corrected chi connectivity index (χ4v) is 3.01. The minimum Gasteiger partial charge on any atom is -0.399 e. The summed E-state index contributed by atoms with van der Waals surface area (Å²) in [7, 11) is 0. The molecule has 2 rings (SSSR count). The minimum atomic E-state index is 0.725. The lowest BCUT2D eigenvalue weighted by molar-refractivity contribution is 0.138. The molecular weight excluding hydrogens is 208 g/mol. The van der Waals surface area contributed by atoms with Crippen LogP contribution in [0.2, 0.25) is 0 Å². The number of nitrogens with two attached hydrogens (primary N) is 1. The van der Waals surface area contributed by atoms with Crippen molar-refractivity contribution in [2.24, 2.45) is 0 Å². The van der Waals surface area contributed by atoms with Gasteiger partial charge in [-0.25, -0.2) is 0 Å². The number of likely N-dealkylation sites (tertiary alicyclic amines) is 1. The van der Waals surface area contributed by atoms with Crippen LogP contribution < -0.4 is 5.73 Å². The average Bonchev–Trinajstić information content (AvgIpc) is 2.39. The molecule has 1 aliphatic heterocycles. The third-order valence-corrected chi connectivity index (χ3v) is 4.12. The molecule has 2 nitrogen and oxygen atoms in total. The highest BCUT2D eigenvalue weighted by atomic mass is 15.2. The third-order valence-electron chi connectivity index (χ3n) is 4.12. The van der Waals surface area contributed by atoms with Crippen molar-refractivity contribution < 1.29 is 0 Å². The summed E-state index contributed by atoms with van der Waals surface area (Å²) < 4.78 is 0. The lowest BCUT2D eigenvalue weighted by Gasteiger charge is -2.38. The third kappa shape index (κ3) is 2.81. The number of anilines is 1. The first-order valence-electron chi connectivity index (χ1n) is 6.84. The number of piperidine rings is 1. The number of hydrogen-bond acceptors (Lipinski definition) is 2. The van der Waals surface area contributed by atoms with Gasteiger partial charge in [-0.05, 0) is 56.0 Å². The Morgan fingerprint density at radius 1 is 1.24 bits per heavy atom. The van der Waals surface area contributed by atoms with Gasteiger partial charge >= 0.3 is 0 Å². The van der Waals surface area contributed by atoms with E-state index >= 15 is 0 Å². The summed E-state index contributed by atoms with van der Waals surface area (Å²) in [4.78, 5) is 2.62. The first-order chi connectivity index (χ1) is 8.24. The number of benzene rings is 1. The molecule has 94 valence electrons. The van der Waals surface area contributed by atoms with Crippen LogP contribution in [0.25, 0.3) is 0 Å². The molecule has 0 saturated carbocycles. The first-order valence-corrected chi connectivity index (χ1v) is 6.84. The van der Waals surface area contributed by atoms with Gasteiger partial charge in [0.05, 0.1) is 0 Å². The van der Waals surface area contributed by atoms with Gasteiger partial charge in [-0.3, -0.25) is 0 Å². The summed E-state index contributed by atoms with van der Waals surface area (Å²) in [6.07, 6.45) is 3.85. The topological polar surface area (TPSA) is 29.3 Å². The van der Waals surface area contributed by atoms with Gasteiger partial charge in [0, 0.05) is 11.7 Å². The normalized spacial score (nSPS) is 26.0. The van der Waals surface area contributed by atoms with Crippen molar-refractivity contribution >= 4 is 5.69 Å². The van der Waals surface area contributed by atoms with Crippen molar-refractivity contribution in [3.63, 3.8) is 0 Å². The first kappa shape index (κ1) is 12.4. The molecule has 1 aromatic carbocycles. The van der Waals surface area contributed by atoms with Crippen LogP contribution in [-0.4, -0.2) is 24.0 Å². The molecule has 1 fully saturated rings. The van der Waals surface area contributed by atoms with E-state index in [4.69, 9.17) is 5.73 Å². The zero-order chi connectivity index (χ0) is 12.3. The van der Waals surface area contributed by atoms with Crippen LogP contribution in [0.4, 0.5) is 5.69 Å². The number of nitrogens with zero attached hydrogens (tertiary/aromatic N) is 1. The van der Waals surface area contributed by atoms with E-state index in [0.717, 1.165) is 17.6 Å². The van der Waals surface area contributed by atoms with Gasteiger partial charge in [-0.2, -0.15) is 0 Å². The van der Waals surface area contributed by atoms with Crippen LogP contribution in [0.5, 0.6) is 0 Å². The van der Waals surface area contributed by atoms with Crippen LogP contribution in [-0.2, 0) is 0 Å². The van der Waals surface area contributed by atoms with E-state index in [0.29, 0.717) is 0 Å². The fraction of sp³-hybridized carbons (Fsp3) is 0.600. The second kappa shape index (κ2) is 5.54. The van der Waals surface area contributed by atoms with Crippen molar-refractivity contribution in [1.29, 1.82) is 0 Å². The van der Waals surface area contributed by atoms with E-state index in [1.165, 1.54) is 37.9 Å². The maximum atomic E-state index is 5.75. The molecule has 0 aliphatic carbocycles. The molecule has 2 heteroatoms. The highest BCUT2D eigenvalue weighted by Crippen LogP contribution is 2.32. The Bertz CT molecular complexity index is 344. The molecule has 0 amide bonds. The smallest absolute Gasteiger partial charge is 0.0314 e. The Labute approximate surface area is 105 Å². The number of rotatable bonds is 3. The van der Waals surface area contributed by atoms with Crippen LogP contribution in [0.15, 0.2) is 24.3 Å². The van der Waals surface area contributed by atoms with Crippen molar-refractivity contribution in [2.75, 3.05) is 18.8 Å². The van der Waals surface area contributed by atoms with Crippen molar-refractivity contribution in [2.45, 2.75) is 45.1 Å². The summed E-state index contributed by atoms with van der Waals surface area (Å²) in [5.41, 5.74) is 8.08. The largest absolute Gasteiger partial charge is 0.399 e. The second-order valence-electron chi connectivity index (χ2n) is 5.08. The fourth-order valence-electron chi connectivity index (χ4n) is 3.01. The molecule has 0 bridgehead atoms. The molecule has 0 spiro atoms. The molecule has 2 N–H and O–H groups in total. The van der Waals surface area contributed by atoms with Crippen molar-refractivity contribution in [1.82, 2.24) is 4.90 Å². The van der Waals surface area contributed by atoms with E-state index in [-0.39, 0.29) is 0 Å².